The number of aromatic nitrogens is 1. The minimum absolute atomic E-state index is 0.117. The first-order chi connectivity index (χ1) is 9.96. The molecule has 1 aliphatic rings. The number of rotatable bonds is 4. The first kappa shape index (κ1) is 15.3. The summed E-state index contributed by atoms with van der Waals surface area (Å²) in [6, 6.07) is 5.48. The molecule has 1 unspecified atom stereocenters. The number of carboxylic acids is 1. The van der Waals surface area contributed by atoms with E-state index in [1.165, 1.54) is 0 Å². The molecule has 1 aromatic heterocycles. The third-order valence-electron chi connectivity index (χ3n) is 3.99. The molecular weight excluding hydrogens is 270 g/mol. The SMILES string of the molecule is CCN(Cc1ccccn1)C(=O)N1CCC(C)(C(=O)O)C1. The Morgan fingerprint density at radius 1 is 1.48 bits per heavy atom. The molecule has 0 bridgehead atoms. The van der Waals surface area contributed by atoms with Crippen molar-refractivity contribution in [2.75, 3.05) is 19.6 Å². The van der Waals surface area contributed by atoms with Crippen molar-refractivity contribution < 1.29 is 14.7 Å². The summed E-state index contributed by atoms with van der Waals surface area (Å²) < 4.78 is 0. The molecule has 21 heavy (non-hydrogen) atoms. The predicted octanol–water partition coefficient (Wildman–Crippen LogP) is 1.82. The lowest BCUT2D eigenvalue weighted by Crippen LogP contribution is -2.43. The van der Waals surface area contributed by atoms with E-state index in [-0.39, 0.29) is 12.6 Å². The Bertz CT molecular complexity index is 520. The average molecular weight is 291 g/mol. The zero-order valence-corrected chi connectivity index (χ0v) is 12.5. The minimum Gasteiger partial charge on any atom is -0.481 e. The Morgan fingerprint density at radius 2 is 2.24 bits per heavy atom. The summed E-state index contributed by atoms with van der Waals surface area (Å²) in [5.74, 6) is -0.842. The third-order valence-corrected chi connectivity index (χ3v) is 3.99. The summed E-state index contributed by atoms with van der Waals surface area (Å²) in [5, 5.41) is 9.24. The molecular formula is C15H21N3O3. The number of carboxylic acid groups (broad SMARTS) is 1. The van der Waals surface area contributed by atoms with Crippen molar-refractivity contribution in [1.82, 2.24) is 14.8 Å². The van der Waals surface area contributed by atoms with Gasteiger partial charge in [0.2, 0.25) is 0 Å². The second-order valence-corrected chi connectivity index (χ2v) is 5.66. The van der Waals surface area contributed by atoms with Crippen LogP contribution in [-0.4, -0.2) is 51.5 Å². The maximum Gasteiger partial charge on any atom is 0.320 e. The Labute approximate surface area is 124 Å². The lowest BCUT2D eigenvalue weighted by atomic mass is 9.90. The number of aliphatic carboxylic acids is 1. The molecule has 1 fully saturated rings. The summed E-state index contributed by atoms with van der Waals surface area (Å²) in [6.45, 7) is 5.36. The van der Waals surface area contributed by atoms with Crippen molar-refractivity contribution in [2.45, 2.75) is 26.8 Å². The number of likely N-dealkylation sites (tertiary alicyclic amines) is 1. The van der Waals surface area contributed by atoms with Crippen LogP contribution in [0, 0.1) is 5.41 Å². The quantitative estimate of drug-likeness (QED) is 0.918. The second-order valence-electron chi connectivity index (χ2n) is 5.66. The van der Waals surface area contributed by atoms with Gasteiger partial charge in [-0.3, -0.25) is 9.78 Å². The fourth-order valence-corrected chi connectivity index (χ4v) is 2.50. The van der Waals surface area contributed by atoms with E-state index in [4.69, 9.17) is 0 Å². The summed E-state index contributed by atoms with van der Waals surface area (Å²) in [6.07, 6.45) is 2.19. The molecule has 0 radical (unpaired) electrons. The Balaban J connectivity index is 2.03. The van der Waals surface area contributed by atoms with Crippen molar-refractivity contribution in [3.63, 3.8) is 0 Å². The lowest BCUT2D eigenvalue weighted by molar-refractivity contribution is -0.147. The fourth-order valence-electron chi connectivity index (χ4n) is 2.50. The van der Waals surface area contributed by atoms with Gasteiger partial charge in [0, 0.05) is 25.8 Å². The van der Waals surface area contributed by atoms with E-state index in [0.29, 0.717) is 26.1 Å². The molecule has 1 N–H and O–H groups in total. The number of carbonyl (C=O) groups excluding carboxylic acids is 1. The molecule has 0 aromatic carbocycles. The standard InChI is InChI=1S/C15H21N3O3/c1-3-17(10-12-6-4-5-8-16-12)14(21)18-9-7-15(2,11-18)13(19)20/h4-6,8H,3,7,9-11H2,1-2H3,(H,19,20). The highest BCUT2D eigenvalue weighted by atomic mass is 16.4. The highest BCUT2D eigenvalue weighted by Gasteiger charge is 2.42. The number of urea groups is 1. The topological polar surface area (TPSA) is 73.7 Å². The number of amides is 2. The first-order valence-corrected chi connectivity index (χ1v) is 7.13. The summed E-state index contributed by atoms with van der Waals surface area (Å²) in [5.41, 5.74) is -0.00651. The van der Waals surface area contributed by atoms with Crippen molar-refractivity contribution >= 4 is 12.0 Å². The van der Waals surface area contributed by atoms with Gasteiger partial charge in [-0.1, -0.05) is 6.07 Å². The van der Waals surface area contributed by atoms with Gasteiger partial charge in [-0.25, -0.2) is 4.79 Å². The smallest absolute Gasteiger partial charge is 0.320 e. The van der Waals surface area contributed by atoms with Crippen LogP contribution in [0.1, 0.15) is 26.0 Å². The molecule has 1 aromatic rings. The van der Waals surface area contributed by atoms with Crippen LogP contribution in [0.2, 0.25) is 0 Å². The molecule has 0 aliphatic carbocycles. The van der Waals surface area contributed by atoms with Crippen LogP contribution in [-0.2, 0) is 11.3 Å². The molecule has 1 atom stereocenters. The van der Waals surface area contributed by atoms with Gasteiger partial charge in [0.1, 0.15) is 0 Å². The number of hydrogen-bond donors (Lipinski definition) is 1. The molecule has 2 heterocycles. The van der Waals surface area contributed by atoms with Crippen molar-refractivity contribution in [3.05, 3.63) is 30.1 Å². The molecule has 1 saturated heterocycles. The maximum atomic E-state index is 12.5. The summed E-state index contributed by atoms with van der Waals surface area (Å²) >= 11 is 0. The first-order valence-electron chi connectivity index (χ1n) is 7.13. The van der Waals surface area contributed by atoms with Gasteiger partial charge in [0.05, 0.1) is 17.7 Å². The highest BCUT2D eigenvalue weighted by molar-refractivity contribution is 5.79. The van der Waals surface area contributed by atoms with E-state index in [0.717, 1.165) is 5.69 Å². The zero-order valence-electron chi connectivity index (χ0n) is 12.5. The number of nitrogens with zero attached hydrogens (tertiary/aromatic N) is 3. The molecule has 0 saturated carbocycles. The van der Waals surface area contributed by atoms with Gasteiger partial charge in [-0.2, -0.15) is 0 Å². The van der Waals surface area contributed by atoms with Gasteiger partial charge in [-0.15, -0.1) is 0 Å². The maximum absolute atomic E-state index is 12.5. The summed E-state index contributed by atoms with van der Waals surface area (Å²) in [7, 11) is 0. The van der Waals surface area contributed by atoms with Gasteiger partial charge in [0.25, 0.3) is 0 Å². The van der Waals surface area contributed by atoms with E-state index >= 15 is 0 Å². The van der Waals surface area contributed by atoms with Crippen LogP contribution in [0.15, 0.2) is 24.4 Å². The van der Waals surface area contributed by atoms with E-state index in [1.54, 1.807) is 22.9 Å². The van der Waals surface area contributed by atoms with Crippen molar-refractivity contribution in [2.24, 2.45) is 5.41 Å². The van der Waals surface area contributed by atoms with Gasteiger partial charge in [-0.05, 0) is 32.4 Å². The molecule has 2 amide bonds. The second kappa shape index (κ2) is 6.11. The third kappa shape index (κ3) is 3.32. The van der Waals surface area contributed by atoms with E-state index in [9.17, 15) is 14.7 Å². The molecule has 114 valence electrons. The predicted molar refractivity (Wildman–Crippen MR) is 77.6 cm³/mol. The molecule has 2 rings (SSSR count). The average Bonchev–Trinajstić information content (AvgIpc) is 2.89. The normalized spacial score (nSPS) is 21.3. The Morgan fingerprint density at radius 3 is 2.76 bits per heavy atom. The summed E-state index contributed by atoms with van der Waals surface area (Å²) in [4.78, 5) is 31.3. The zero-order chi connectivity index (χ0) is 15.5. The molecule has 6 heteroatoms. The van der Waals surface area contributed by atoms with Crippen LogP contribution < -0.4 is 0 Å². The van der Waals surface area contributed by atoms with Crippen molar-refractivity contribution in [3.8, 4) is 0 Å². The van der Waals surface area contributed by atoms with E-state index in [2.05, 4.69) is 4.98 Å². The largest absolute Gasteiger partial charge is 0.481 e. The van der Waals surface area contributed by atoms with Crippen LogP contribution in [0.25, 0.3) is 0 Å². The molecule has 0 spiro atoms. The fraction of sp³-hybridized carbons (Fsp3) is 0.533. The number of pyridine rings is 1. The van der Waals surface area contributed by atoms with Crippen LogP contribution in [0.4, 0.5) is 4.79 Å². The van der Waals surface area contributed by atoms with E-state index < -0.39 is 11.4 Å². The van der Waals surface area contributed by atoms with E-state index in [1.807, 2.05) is 25.1 Å². The minimum atomic E-state index is -0.842. The van der Waals surface area contributed by atoms with Gasteiger partial charge in [0.15, 0.2) is 0 Å². The number of carbonyl (C=O) groups is 2. The Kier molecular flexibility index (Phi) is 4.45. The van der Waals surface area contributed by atoms with Gasteiger partial charge < -0.3 is 14.9 Å². The highest BCUT2D eigenvalue weighted by Crippen LogP contribution is 2.30. The Hall–Kier alpha value is -2.11. The molecule has 1 aliphatic heterocycles. The molecule has 6 nitrogen and oxygen atoms in total. The lowest BCUT2D eigenvalue weighted by Gasteiger charge is -2.27. The van der Waals surface area contributed by atoms with Crippen LogP contribution in [0.3, 0.4) is 0 Å². The number of hydrogen-bond acceptors (Lipinski definition) is 3. The monoisotopic (exact) mass is 291 g/mol. The van der Waals surface area contributed by atoms with Gasteiger partial charge >= 0.3 is 12.0 Å². The van der Waals surface area contributed by atoms with Crippen molar-refractivity contribution in [1.29, 1.82) is 0 Å². The van der Waals surface area contributed by atoms with Crippen LogP contribution in [0.5, 0.6) is 0 Å². The van der Waals surface area contributed by atoms with Crippen LogP contribution >= 0.6 is 0 Å².